The number of carboxylic acid groups (broad SMARTS) is 1. The zero-order valence-electron chi connectivity index (χ0n) is 10.1. The molecule has 0 amide bonds. The number of carboxylic acids is 1. The minimum Gasteiger partial charge on any atom is -0.480 e. The molecular formula is C13H16N2O2. The van der Waals surface area contributed by atoms with Crippen LogP contribution in [0.1, 0.15) is 25.1 Å². The second-order valence-corrected chi connectivity index (χ2v) is 4.06. The number of benzene rings is 1. The van der Waals surface area contributed by atoms with Gasteiger partial charge in [-0.1, -0.05) is 19.9 Å². The average Bonchev–Trinajstić information content (AvgIpc) is 2.66. The zero-order valence-corrected chi connectivity index (χ0v) is 10.1. The van der Waals surface area contributed by atoms with Crippen molar-refractivity contribution in [2.75, 3.05) is 0 Å². The van der Waals surface area contributed by atoms with E-state index in [1.165, 1.54) is 5.56 Å². The molecule has 1 heterocycles. The molecule has 0 saturated heterocycles. The van der Waals surface area contributed by atoms with E-state index < -0.39 is 5.97 Å². The maximum Gasteiger partial charge on any atom is 0.325 e. The third kappa shape index (κ3) is 2.16. The summed E-state index contributed by atoms with van der Waals surface area (Å²) in [5, 5.41) is 14.3. The Bertz CT molecular complexity index is 558. The smallest absolute Gasteiger partial charge is 0.325 e. The van der Waals surface area contributed by atoms with Crippen LogP contribution >= 0.6 is 0 Å². The van der Waals surface area contributed by atoms with E-state index in [2.05, 4.69) is 18.1 Å². The highest BCUT2D eigenvalue weighted by atomic mass is 16.4. The van der Waals surface area contributed by atoms with Crippen molar-refractivity contribution in [3.8, 4) is 0 Å². The highest BCUT2D eigenvalue weighted by molar-refractivity contribution is 5.84. The molecule has 0 spiro atoms. The third-order valence-corrected chi connectivity index (χ3v) is 2.92. The van der Waals surface area contributed by atoms with Gasteiger partial charge in [-0.3, -0.25) is 9.48 Å². The topological polar surface area (TPSA) is 55.1 Å². The molecule has 4 heteroatoms. The maximum atomic E-state index is 10.8. The minimum atomic E-state index is -0.864. The first-order valence-electron chi connectivity index (χ1n) is 5.85. The molecule has 0 aliphatic heterocycles. The number of carbonyl (C=O) groups is 1. The Morgan fingerprint density at radius 1 is 1.35 bits per heavy atom. The molecule has 0 unspecified atom stereocenters. The van der Waals surface area contributed by atoms with Gasteiger partial charge in [0.1, 0.15) is 6.54 Å². The number of nitrogens with zero attached hydrogens (tertiary/aromatic N) is 2. The fraction of sp³-hybridized carbons (Fsp3) is 0.385. The van der Waals surface area contributed by atoms with E-state index in [4.69, 9.17) is 5.11 Å². The minimum absolute atomic E-state index is 0.0814. The quantitative estimate of drug-likeness (QED) is 0.879. The average molecular weight is 232 g/mol. The van der Waals surface area contributed by atoms with Gasteiger partial charge in [-0.15, -0.1) is 0 Å². The van der Waals surface area contributed by atoms with Crippen molar-refractivity contribution in [2.24, 2.45) is 0 Å². The van der Waals surface area contributed by atoms with E-state index in [-0.39, 0.29) is 6.54 Å². The van der Waals surface area contributed by atoms with E-state index in [1.54, 1.807) is 4.68 Å². The van der Waals surface area contributed by atoms with Crippen LogP contribution in [0, 0.1) is 0 Å². The van der Waals surface area contributed by atoms with E-state index in [9.17, 15) is 4.79 Å². The van der Waals surface area contributed by atoms with Crippen LogP contribution in [0.4, 0.5) is 0 Å². The molecule has 1 aromatic carbocycles. The summed E-state index contributed by atoms with van der Waals surface area (Å²) in [6.07, 6.45) is 1.79. The first kappa shape index (κ1) is 11.6. The van der Waals surface area contributed by atoms with Gasteiger partial charge >= 0.3 is 5.97 Å². The fourth-order valence-corrected chi connectivity index (χ4v) is 2.02. The Balaban J connectivity index is 2.59. The van der Waals surface area contributed by atoms with Crippen molar-refractivity contribution in [1.82, 2.24) is 9.78 Å². The molecule has 0 atom stereocenters. The van der Waals surface area contributed by atoms with Crippen molar-refractivity contribution in [2.45, 2.75) is 33.2 Å². The molecule has 90 valence electrons. The number of hydrogen-bond donors (Lipinski definition) is 1. The summed E-state index contributed by atoms with van der Waals surface area (Å²) in [5.41, 5.74) is 3.13. The number of rotatable bonds is 4. The van der Waals surface area contributed by atoms with Crippen LogP contribution in [0.3, 0.4) is 0 Å². The van der Waals surface area contributed by atoms with Gasteiger partial charge in [0.15, 0.2) is 0 Å². The van der Waals surface area contributed by atoms with Gasteiger partial charge < -0.3 is 5.11 Å². The molecule has 0 bridgehead atoms. The van der Waals surface area contributed by atoms with Crippen LogP contribution in [0.5, 0.6) is 0 Å². The van der Waals surface area contributed by atoms with Crippen molar-refractivity contribution in [3.63, 3.8) is 0 Å². The lowest BCUT2D eigenvalue weighted by molar-refractivity contribution is -0.137. The first-order chi connectivity index (χ1) is 8.15. The molecule has 1 N–H and O–H groups in total. The van der Waals surface area contributed by atoms with Crippen LogP contribution < -0.4 is 0 Å². The molecule has 4 nitrogen and oxygen atoms in total. The van der Waals surface area contributed by atoms with Crippen LogP contribution in [0.15, 0.2) is 18.2 Å². The summed E-state index contributed by atoms with van der Waals surface area (Å²) in [4.78, 5) is 10.8. The molecule has 0 aliphatic rings. The van der Waals surface area contributed by atoms with Crippen molar-refractivity contribution < 1.29 is 9.90 Å². The molecule has 17 heavy (non-hydrogen) atoms. The third-order valence-electron chi connectivity index (χ3n) is 2.92. The Morgan fingerprint density at radius 3 is 2.71 bits per heavy atom. The van der Waals surface area contributed by atoms with Gasteiger partial charge in [-0.2, -0.15) is 5.10 Å². The summed E-state index contributed by atoms with van der Waals surface area (Å²) < 4.78 is 1.57. The normalized spacial score (nSPS) is 10.9. The van der Waals surface area contributed by atoms with E-state index in [0.717, 1.165) is 29.4 Å². The Hall–Kier alpha value is -1.84. The largest absolute Gasteiger partial charge is 0.480 e. The number of aromatic nitrogens is 2. The molecule has 2 rings (SSSR count). The van der Waals surface area contributed by atoms with Crippen molar-refractivity contribution >= 4 is 16.9 Å². The first-order valence-corrected chi connectivity index (χ1v) is 5.85. The molecule has 0 saturated carbocycles. The fourth-order valence-electron chi connectivity index (χ4n) is 2.02. The predicted octanol–water partition coefficient (Wildman–Crippen LogP) is 2.25. The van der Waals surface area contributed by atoms with Gasteiger partial charge in [0.25, 0.3) is 0 Å². The van der Waals surface area contributed by atoms with Crippen LogP contribution in [-0.2, 0) is 24.2 Å². The van der Waals surface area contributed by atoms with Gasteiger partial charge in [-0.25, -0.2) is 0 Å². The summed E-state index contributed by atoms with van der Waals surface area (Å²) >= 11 is 0. The standard InChI is InChI=1S/C13H16N2O2/c1-3-9-5-6-12-10(7-9)11(4-2)14-15(12)8-13(16)17/h5-7H,3-4,8H2,1-2H3,(H,16,17). The lowest BCUT2D eigenvalue weighted by Crippen LogP contribution is -2.10. The van der Waals surface area contributed by atoms with Crippen molar-refractivity contribution in [1.29, 1.82) is 0 Å². The molecular weight excluding hydrogens is 216 g/mol. The lowest BCUT2D eigenvalue weighted by Gasteiger charge is -2.00. The molecule has 0 fully saturated rings. The molecule has 0 aliphatic carbocycles. The SMILES string of the molecule is CCc1ccc2c(c1)c(CC)nn2CC(=O)O. The van der Waals surface area contributed by atoms with Gasteiger partial charge in [0, 0.05) is 5.39 Å². The van der Waals surface area contributed by atoms with Gasteiger partial charge in [-0.05, 0) is 30.5 Å². The van der Waals surface area contributed by atoms with Crippen LogP contribution in [0.2, 0.25) is 0 Å². The highest BCUT2D eigenvalue weighted by Gasteiger charge is 2.11. The number of aryl methyl sites for hydroxylation is 2. The number of hydrogen-bond acceptors (Lipinski definition) is 2. The molecule has 0 radical (unpaired) electrons. The predicted molar refractivity (Wildman–Crippen MR) is 66.1 cm³/mol. The summed E-state index contributed by atoms with van der Waals surface area (Å²) in [6, 6.07) is 6.10. The maximum absolute atomic E-state index is 10.8. The van der Waals surface area contributed by atoms with E-state index >= 15 is 0 Å². The summed E-state index contributed by atoms with van der Waals surface area (Å²) in [6.45, 7) is 4.06. The molecule has 1 aromatic heterocycles. The summed E-state index contributed by atoms with van der Waals surface area (Å²) in [7, 11) is 0. The van der Waals surface area contributed by atoms with Crippen LogP contribution in [-0.4, -0.2) is 20.9 Å². The zero-order chi connectivity index (χ0) is 12.4. The second kappa shape index (κ2) is 4.57. The van der Waals surface area contributed by atoms with Gasteiger partial charge in [0.05, 0.1) is 11.2 Å². The van der Waals surface area contributed by atoms with Gasteiger partial charge in [0.2, 0.25) is 0 Å². The lowest BCUT2D eigenvalue weighted by atomic mass is 10.1. The number of fused-ring (bicyclic) bond motifs is 1. The van der Waals surface area contributed by atoms with Crippen molar-refractivity contribution in [3.05, 3.63) is 29.5 Å². The second-order valence-electron chi connectivity index (χ2n) is 4.06. The summed E-state index contributed by atoms with van der Waals surface area (Å²) in [5.74, 6) is -0.864. The Morgan fingerprint density at radius 2 is 2.12 bits per heavy atom. The van der Waals surface area contributed by atoms with E-state index in [0.29, 0.717) is 0 Å². The molecule has 2 aromatic rings. The highest BCUT2D eigenvalue weighted by Crippen LogP contribution is 2.21. The van der Waals surface area contributed by atoms with E-state index in [1.807, 2.05) is 19.1 Å². The Kier molecular flexibility index (Phi) is 3.13. The number of aliphatic carboxylic acids is 1. The monoisotopic (exact) mass is 232 g/mol. The Labute approximate surface area is 99.9 Å². The van der Waals surface area contributed by atoms with Crippen LogP contribution in [0.25, 0.3) is 10.9 Å².